The summed E-state index contributed by atoms with van der Waals surface area (Å²) < 4.78 is 23.0. The monoisotopic (exact) mass is 310 g/mol. The number of nitrogens with zero attached hydrogens (tertiary/aromatic N) is 1. The van der Waals surface area contributed by atoms with Crippen LogP contribution >= 0.6 is 0 Å². The maximum Gasteiger partial charge on any atom is 0.254 e. The number of primary sulfonamides is 1. The molecule has 1 fully saturated rings. The van der Waals surface area contributed by atoms with Gasteiger partial charge in [-0.25, -0.2) is 13.6 Å². The molecule has 2 unspecified atom stereocenters. The van der Waals surface area contributed by atoms with Gasteiger partial charge in [0.05, 0.1) is 4.90 Å². The molecule has 0 radical (unpaired) electrons. The first-order valence-corrected chi connectivity index (χ1v) is 8.70. The van der Waals surface area contributed by atoms with Crippen molar-refractivity contribution in [3.05, 3.63) is 29.3 Å². The lowest BCUT2D eigenvalue weighted by Gasteiger charge is -2.38. The van der Waals surface area contributed by atoms with Crippen molar-refractivity contribution in [1.82, 2.24) is 4.90 Å². The minimum atomic E-state index is -3.81. The number of sulfonamides is 1. The number of piperidine rings is 1. The molecule has 21 heavy (non-hydrogen) atoms. The first-order chi connectivity index (χ1) is 9.70. The van der Waals surface area contributed by atoms with E-state index in [1.807, 2.05) is 11.8 Å². The van der Waals surface area contributed by atoms with Crippen molar-refractivity contribution in [1.29, 1.82) is 0 Å². The molecule has 5 nitrogen and oxygen atoms in total. The lowest BCUT2D eigenvalue weighted by molar-refractivity contribution is 0.0550. The van der Waals surface area contributed by atoms with Gasteiger partial charge in [-0.3, -0.25) is 4.79 Å². The predicted molar refractivity (Wildman–Crippen MR) is 81.4 cm³/mol. The maximum atomic E-state index is 12.7. The van der Waals surface area contributed by atoms with Crippen molar-refractivity contribution in [3.8, 4) is 0 Å². The molecule has 1 amide bonds. The SMILES string of the molecule is Cc1cc(C(=O)N2CCCC(C)C2C)cc(S(N)(=O)=O)c1. The summed E-state index contributed by atoms with van der Waals surface area (Å²) in [6.07, 6.45) is 2.09. The molecule has 1 aliphatic rings. The minimum Gasteiger partial charge on any atom is -0.336 e. The van der Waals surface area contributed by atoms with Crippen molar-refractivity contribution >= 4 is 15.9 Å². The molecule has 2 atom stereocenters. The van der Waals surface area contributed by atoms with Crippen molar-refractivity contribution in [2.24, 2.45) is 11.1 Å². The van der Waals surface area contributed by atoms with Crippen LogP contribution in [0.2, 0.25) is 0 Å². The Morgan fingerprint density at radius 2 is 1.95 bits per heavy atom. The van der Waals surface area contributed by atoms with Gasteiger partial charge in [0.1, 0.15) is 0 Å². The van der Waals surface area contributed by atoms with Crippen molar-refractivity contribution in [3.63, 3.8) is 0 Å². The average molecular weight is 310 g/mol. The molecule has 116 valence electrons. The van der Waals surface area contributed by atoms with Gasteiger partial charge in [-0.15, -0.1) is 0 Å². The Morgan fingerprint density at radius 3 is 2.57 bits per heavy atom. The summed E-state index contributed by atoms with van der Waals surface area (Å²) in [6.45, 7) is 6.64. The lowest BCUT2D eigenvalue weighted by atomic mass is 9.91. The predicted octanol–water partition coefficient (Wildman–Crippen LogP) is 1.90. The largest absolute Gasteiger partial charge is 0.336 e. The van der Waals surface area contributed by atoms with Crippen molar-refractivity contribution in [2.45, 2.75) is 44.6 Å². The Balaban J connectivity index is 2.37. The number of amides is 1. The third-order valence-corrected chi connectivity index (χ3v) is 5.15. The quantitative estimate of drug-likeness (QED) is 0.906. The Morgan fingerprint density at radius 1 is 1.29 bits per heavy atom. The molecule has 1 aromatic rings. The van der Waals surface area contributed by atoms with E-state index >= 15 is 0 Å². The molecule has 1 saturated heterocycles. The summed E-state index contributed by atoms with van der Waals surface area (Å²) >= 11 is 0. The van der Waals surface area contributed by atoms with Gasteiger partial charge in [0.25, 0.3) is 5.91 Å². The van der Waals surface area contributed by atoms with Gasteiger partial charge in [0.2, 0.25) is 10.0 Å². The van der Waals surface area contributed by atoms with Gasteiger partial charge in [-0.1, -0.05) is 6.92 Å². The highest BCUT2D eigenvalue weighted by Crippen LogP contribution is 2.25. The molecule has 2 rings (SSSR count). The summed E-state index contributed by atoms with van der Waals surface area (Å²) in [5.41, 5.74) is 1.10. The Kier molecular flexibility index (Phi) is 4.39. The zero-order chi connectivity index (χ0) is 15.8. The molecule has 0 aromatic heterocycles. The van der Waals surface area contributed by atoms with E-state index in [0.29, 0.717) is 23.6 Å². The summed E-state index contributed by atoms with van der Waals surface area (Å²) in [7, 11) is -3.81. The second kappa shape index (κ2) is 5.77. The molecule has 6 heteroatoms. The van der Waals surface area contributed by atoms with Gasteiger partial charge in [0.15, 0.2) is 0 Å². The van der Waals surface area contributed by atoms with Crippen LogP contribution in [0.4, 0.5) is 0 Å². The molecule has 0 spiro atoms. The zero-order valence-electron chi connectivity index (χ0n) is 12.7. The zero-order valence-corrected chi connectivity index (χ0v) is 13.5. The number of hydrogen-bond donors (Lipinski definition) is 1. The van der Waals surface area contributed by atoms with Crippen LogP contribution in [0.1, 0.15) is 42.6 Å². The minimum absolute atomic E-state index is 0.0106. The van der Waals surface area contributed by atoms with Crippen LogP contribution in [0.15, 0.2) is 23.1 Å². The maximum absolute atomic E-state index is 12.7. The van der Waals surface area contributed by atoms with Gasteiger partial charge in [-0.2, -0.15) is 0 Å². The summed E-state index contributed by atoms with van der Waals surface area (Å²) in [4.78, 5) is 14.5. The fraction of sp³-hybridized carbons (Fsp3) is 0.533. The van der Waals surface area contributed by atoms with Crippen LogP contribution < -0.4 is 5.14 Å². The highest BCUT2D eigenvalue weighted by atomic mass is 32.2. The van der Waals surface area contributed by atoms with Gasteiger partial charge >= 0.3 is 0 Å². The lowest BCUT2D eigenvalue weighted by Crippen LogP contribution is -2.46. The van der Waals surface area contributed by atoms with E-state index in [1.54, 1.807) is 13.0 Å². The molecule has 0 bridgehead atoms. The third kappa shape index (κ3) is 3.44. The standard InChI is InChI=1S/C15H22N2O3S/c1-10-7-13(9-14(8-10)21(16,19)20)15(18)17-6-4-5-11(2)12(17)3/h7-9,11-12H,4-6H2,1-3H3,(H2,16,19,20). The van der Waals surface area contributed by atoms with E-state index in [0.717, 1.165) is 12.8 Å². The van der Waals surface area contributed by atoms with Crippen LogP contribution in [-0.2, 0) is 10.0 Å². The van der Waals surface area contributed by atoms with Crippen LogP contribution in [-0.4, -0.2) is 31.8 Å². The van der Waals surface area contributed by atoms with Crippen LogP contribution in [0.25, 0.3) is 0 Å². The molecule has 1 aliphatic heterocycles. The van der Waals surface area contributed by atoms with Crippen molar-refractivity contribution in [2.75, 3.05) is 6.54 Å². The van der Waals surface area contributed by atoms with E-state index in [9.17, 15) is 13.2 Å². The second-order valence-electron chi connectivity index (χ2n) is 5.94. The molecular weight excluding hydrogens is 288 g/mol. The van der Waals surface area contributed by atoms with Crippen LogP contribution in [0, 0.1) is 12.8 Å². The number of carbonyl (C=O) groups excluding carboxylic acids is 1. The van der Waals surface area contributed by atoms with Crippen LogP contribution in [0.3, 0.4) is 0 Å². The first-order valence-electron chi connectivity index (χ1n) is 7.15. The number of rotatable bonds is 2. The van der Waals surface area contributed by atoms with Gasteiger partial charge < -0.3 is 4.90 Å². The van der Waals surface area contributed by atoms with Crippen LogP contribution in [0.5, 0.6) is 0 Å². The number of nitrogens with two attached hydrogens (primary N) is 1. The number of likely N-dealkylation sites (tertiary alicyclic amines) is 1. The molecule has 2 N–H and O–H groups in total. The molecule has 0 aliphatic carbocycles. The molecular formula is C15H22N2O3S. The molecule has 1 aromatic carbocycles. The van der Waals surface area contributed by atoms with E-state index in [1.165, 1.54) is 12.1 Å². The smallest absolute Gasteiger partial charge is 0.254 e. The number of hydrogen-bond acceptors (Lipinski definition) is 3. The second-order valence-corrected chi connectivity index (χ2v) is 7.50. The summed E-state index contributed by atoms with van der Waals surface area (Å²) in [5, 5.41) is 5.17. The first kappa shape index (κ1) is 16.0. The Labute approximate surface area is 126 Å². The summed E-state index contributed by atoms with van der Waals surface area (Å²) in [5.74, 6) is 0.327. The number of carbonyl (C=O) groups is 1. The third-order valence-electron chi connectivity index (χ3n) is 4.26. The Bertz CT molecular complexity index is 655. The average Bonchev–Trinajstić information content (AvgIpc) is 2.39. The number of aryl methyl sites for hydroxylation is 1. The van der Waals surface area contributed by atoms with E-state index in [-0.39, 0.29) is 16.8 Å². The van der Waals surface area contributed by atoms with Crippen molar-refractivity contribution < 1.29 is 13.2 Å². The number of benzene rings is 1. The van der Waals surface area contributed by atoms with Gasteiger partial charge in [-0.05, 0) is 56.4 Å². The Hall–Kier alpha value is -1.40. The molecule has 1 heterocycles. The fourth-order valence-corrected chi connectivity index (χ4v) is 3.47. The van der Waals surface area contributed by atoms with Gasteiger partial charge in [0, 0.05) is 18.2 Å². The highest BCUT2D eigenvalue weighted by Gasteiger charge is 2.29. The summed E-state index contributed by atoms with van der Waals surface area (Å²) in [6, 6.07) is 4.72. The highest BCUT2D eigenvalue weighted by molar-refractivity contribution is 7.89. The van der Waals surface area contributed by atoms with E-state index in [4.69, 9.17) is 5.14 Å². The van der Waals surface area contributed by atoms with E-state index < -0.39 is 10.0 Å². The topological polar surface area (TPSA) is 80.5 Å². The van der Waals surface area contributed by atoms with E-state index in [2.05, 4.69) is 6.92 Å². The normalized spacial score (nSPS) is 23.1. The molecule has 0 saturated carbocycles. The fourth-order valence-electron chi connectivity index (χ4n) is 2.82.